The zero-order chi connectivity index (χ0) is 14.4. The van der Waals surface area contributed by atoms with Crippen LogP contribution < -0.4 is 5.32 Å². The molecule has 0 radical (unpaired) electrons. The quantitative estimate of drug-likeness (QED) is 0.753. The summed E-state index contributed by atoms with van der Waals surface area (Å²) < 4.78 is 0. The van der Waals surface area contributed by atoms with Crippen molar-refractivity contribution in [2.24, 2.45) is 5.92 Å². The largest absolute Gasteiger partial charge is 0.314 e. The first-order chi connectivity index (χ1) is 9.70. The maximum Gasteiger partial charge on any atom is 0.0522 e. The number of hydrogen-bond acceptors (Lipinski definition) is 3. The summed E-state index contributed by atoms with van der Waals surface area (Å²) in [7, 11) is 0. The fraction of sp³-hybridized carbons (Fsp3) is 0.812. The molecule has 2 rings (SSSR count). The van der Waals surface area contributed by atoms with Gasteiger partial charge in [0.05, 0.1) is 6.20 Å². The first-order valence-electron chi connectivity index (χ1n) is 8.15. The second-order valence-electron chi connectivity index (χ2n) is 6.14. The minimum Gasteiger partial charge on any atom is -0.314 e. The molecule has 2 heterocycles. The number of H-pyrrole nitrogens is 1. The molecule has 0 bridgehead atoms. The van der Waals surface area contributed by atoms with Crippen molar-refractivity contribution in [2.75, 3.05) is 26.2 Å². The Labute approximate surface area is 123 Å². The van der Waals surface area contributed by atoms with Gasteiger partial charge < -0.3 is 10.2 Å². The molecule has 1 aliphatic rings. The zero-order valence-corrected chi connectivity index (χ0v) is 13.3. The Morgan fingerprint density at radius 2 is 2.20 bits per heavy atom. The SMILES string of the molecule is CCN1CCC(C(C)NCCCc2cn[nH]c2C)CC1. The second-order valence-corrected chi connectivity index (χ2v) is 6.14. The number of rotatable bonds is 7. The molecule has 1 saturated heterocycles. The lowest BCUT2D eigenvalue weighted by atomic mass is 9.90. The lowest BCUT2D eigenvalue weighted by molar-refractivity contribution is 0.169. The number of aryl methyl sites for hydroxylation is 2. The Bertz CT molecular complexity index is 380. The summed E-state index contributed by atoms with van der Waals surface area (Å²) in [4.78, 5) is 2.56. The van der Waals surface area contributed by atoms with E-state index in [2.05, 4.69) is 41.2 Å². The number of aromatic amines is 1. The van der Waals surface area contributed by atoms with Gasteiger partial charge in [0.1, 0.15) is 0 Å². The minimum absolute atomic E-state index is 0.652. The van der Waals surface area contributed by atoms with Crippen LogP contribution in [0.1, 0.15) is 44.4 Å². The summed E-state index contributed by atoms with van der Waals surface area (Å²) in [5.41, 5.74) is 2.57. The highest BCUT2D eigenvalue weighted by Gasteiger charge is 2.22. The average molecular weight is 278 g/mol. The van der Waals surface area contributed by atoms with E-state index in [-0.39, 0.29) is 0 Å². The van der Waals surface area contributed by atoms with Gasteiger partial charge in [-0.2, -0.15) is 5.10 Å². The molecule has 1 atom stereocenters. The van der Waals surface area contributed by atoms with E-state index in [1.54, 1.807) is 0 Å². The van der Waals surface area contributed by atoms with E-state index in [9.17, 15) is 0 Å². The summed E-state index contributed by atoms with van der Waals surface area (Å²) in [5.74, 6) is 0.855. The summed E-state index contributed by atoms with van der Waals surface area (Å²) in [6.45, 7) is 11.6. The number of aromatic nitrogens is 2. The molecule has 1 fully saturated rings. The van der Waals surface area contributed by atoms with Crippen LogP contribution in [-0.2, 0) is 6.42 Å². The summed E-state index contributed by atoms with van der Waals surface area (Å²) in [6, 6.07) is 0.652. The van der Waals surface area contributed by atoms with Gasteiger partial charge in [-0.25, -0.2) is 0 Å². The van der Waals surface area contributed by atoms with Crippen LogP contribution in [0.2, 0.25) is 0 Å². The standard InChI is InChI=1S/C16H30N4/c1-4-20-10-7-15(8-11-20)13(2)17-9-5-6-16-12-18-19-14(16)3/h12-13,15,17H,4-11H2,1-3H3,(H,18,19). The molecule has 1 aromatic heterocycles. The Kier molecular flexibility index (Phi) is 6.05. The van der Waals surface area contributed by atoms with Gasteiger partial charge in [0.15, 0.2) is 0 Å². The Hall–Kier alpha value is -0.870. The molecule has 114 valence electrons. The first-order valence-corrected chi connectivity index (χ1v) is 8.15. The summed E-state index contributed by atoms with van der Waals surface area (Å²) in [5, 5.41) is 10.8. The van der Waals surface area contributed by atoms with Gasteiger partial charge in [0, 0.05) is 11.7 Å². The highest BCUT2D eigenvalue weighted by Crippen LogP contribution is 2.20. The average Bonchev–Trinajstić information content (AvgIpc) is 2.89. The third-order valence-corrected chi connectivity index (χ3v) is 4.81. The summed E-state index contributed by atoms with van der Waals surface area (Å²) >= 11 is 0. The van der Waals surface area contributed by atoms with Crippen LogP contribution in [0, 0.1) is 12.8 Å². The number of nitrogens with one attached hydrogen (secondary N) is 2. The topological polar surface area (TPSA) is 44.0 Å². The molecule has 0 amide bonds. The van der Waals surface area contributed by atoms with E-state index in [1.165, 1.54) is 50.2 Å². The van der Waals surface area contributed by atoms with Crippen LogP contribution >= 0.6 is 0 Å². The maximum absolute atomic E-state index is 4.07. The third kappa shape index (κ3) is 4.32. The van der Waals surface area contributed by atoms with Crippen molar-refractivity contribution >= 4 is 0 Å². The first kappa shape index (κ1) is 15.5. The Morgan fingerprint density at radius 1 is 1.45 bits per heavy atom. The monoisotopic (exact) mass is 278 g/mol. The smallest absolute Gasteiger partial charge is 0.0522 e. The van der Waals surface area contributed by atoms with E-state index in [1.807, 2.05) is 6.20 Å². The van der Waals surface area contributed by atoms with Crippen LogP contribution in [0.15, 0.2) is 6.20 Å². The van der Waals surface area contributed by atoms with Gasteiger partial charge in [0.2, 0.25) is 0 Å². The fourth-order valence-corrected chi connectivity index (χ4v) is 3.17. The van der Waals surface area contributed by atoms with Crippen molar-refractivity contribution in [3.63, 3.8) is 0 Å². The molecular weight excluding hydrogens is 248 g/mol. The molecule has 1 aliphatic heterocycles. The van der Waals surface area contributed by atoms with Crippen LogP contribution in [0.25, 0.3) is 0 Å². The van der Waals surface area contributed by atoms with Crippen molar-refractivity contribution in [1.29, 1.82) is 0 Å². The van der Waals surface area contributed by atoms with Crippen molar-refractivity contribution in [3.05, 3.63) is 17.5 Å². The van der Waals surface area contributed by atoms with E-state index in [4.69, 9.17) is 0 Å². The maximum atomic E-state index is 4.07. The van der Waals surface area contributed by atoms with Gasteiger partial charge in [-0.05, 0) is 77.2 Å². The second kappa shape index (κ2) is 7.79. The van der Waals surface area contributed by atoms with Crippen molar-refractivity contribution in [2.45, 2.75) is 52.5 Å². The molecule has 0 aromatic carbocycles. The molecule has 2 N–H and O–H groups in total. The predicted octanol–water partition coefficient (Wildman–Crippen LogP) is 2.36. The van der Waals surface area contributed by atoms with E-state index in [0.717, 1.165) is 18.9 Å². The molecule has 0 saturated carbocycles. The Morgan fingerprint density at radius 3 is 2.80 bits per heavy atom. The molecule has 20 heavy (non-hydrogen) atoms. The van der Waals surface area contributed by atoms with E-state index >= 15 is 0 Å². The van der Waals surface area contributed by atoms with E-state index in [0.29, 0.717) is 6.04 Å². The molecule has 1 unspecified atom stereocenters. The van der Waals surface area contributed by atoms with E-state index < -0.39 is 0 Å². The van der Waals surface area contributed by atoms with Gasteiger partial charge in [0.25, 0.3) is 0 Å². The van der Waals surface area contributed by atoms with Crippen molar-refractivity contribution in [3.8, 4) is 0 Å². The summed E-state index contributed by atoms with van der Waals surface area (Å²) in [6.07, 6.45) is 6.97. The minimum atomic E-state index is 0.652. The van der Waals surface area contributed by atoms with Crippen molar-refractivity contribution in [1.82, 2.24) is 20.4 Å². The molecule has 0 aliphatic carbocycles. The van der Waals surface area contributed by atoms with Crippen LogP contribution in [-0.4, -0.2) is 47.3 Å². The van der Waals surface area contributed by atoms with Crippen LogP contribution in [0.5, 0.6) is 0 Å². The molecule has 1 aromatic rings. The van der Waals surface area contributed by atoms with Gasteiger partial charge in [-0.3, -0.25) is 5.10 Å². The number of hydrogen-bond donors (Lipinski definition) is 2. The normalized spacial score (nSPS) is 19.4. The Balaban J connectivity index is 1.61. The van der Waals surface area contributed by atoms with Gasteiger partial charge in [-0.1, -0.05) is 6.92 Å². The number of likely N-dealkylation sites (tertiary alicyclic amines) is 1. The molecule has 0 spiro atoms. The molecule has 4 heteroatoms. The van der Waals surface area contributed by atoms with Crippen LogP contribution in [0.3, 0.4) is 0 Å². The lowest BCUT2D eigenvalue weighted by Gasteiger charge is -2.34. The molecular formula is C16H30N4. The number of nitrogens with zero attached hydrogens (tertiary/aromatic N) is 2. The molecule has 4 nitrogen and oxygen atoms in total. The highest BCUT2D eigenvalue weighted by molar-refractivity contribution is 5.14. The predicted molar refractivity (Wildman–Crippen MR) is 83.9 cm³/mol. The number of piperidine rings is 1. The van der Waals surface area contributed by atoms with Gasteiger partial charge >= 0.3 is 0 Å². The van der Waals surface area contributed by atoms with Crippen LogP contribution in [0.4, 0.5) is 0 Å². The lowest BCUT2D eigenvalue weighted by Crippen LogP contribution is -2.42. The zero-order valence-electron chi connectivity index (χ0n) is 13.3. The van der Waals surface area contributed by atoms with Crippen molar-refractivity contribution < 1.29 is 0 Å². The fourth-order valence-electron chi connectivity index (χ4n) is 3.17. The highest BCUT2D eigenvalue weighted by atomic mass is 15.1. The third-order valence-electron chi connectivity index (χ3n) is 4.81. The van der Waals surface area contributed by atoms with Gasteiger partial charge in [-0.15, -0.1) is 0 Å².